The number of fused-ring (bicyclic) bond motifs is 1. The minimum atomic E-state index is 0.528. The molecule has 1 unspecified atom stereocenters. The van der Waals surface area contributed by atoms with Crippen LogP contribution in [0.4, 0.5) is 5.69 Å². The van der Waals surface area contributed by atoms with Crippen molar-refractivity contribution in [2.24, 2.45) is 0 Å². The fraction of sp³-hybridized carbons (Fsp3) is 0.200. The van der Waals surface area contributed by atoms with Gasteiger partial charge in [0, 0.05) is 22.6 Å². The number of halogens is 1. The lowest BCUT2D eigenvalue weighted by Gasteiger charge is -2.27. The molecule has 2 heteroatoms. The van der Waals surface area contributed by atoms with Crippen LogP contribution in [0.25, 0.3) is 0 Å². The Morgan fingerprint density at radius 1 is 1.00 bits per heavy atom. The molecule has 0 aromatic heterocycles. The van der Waals surface area contributed by atoms with Crippen molar-refractivity contribution in [2.75, 3.05) is 11.9 Å². The number of benzene rings is 2. The van der Waals surface area contributed by atoms with Crippen LogP contribution in [0.15, 0.2) is 53.0 Å². The van der Waals surface area contributed by atoms with Crippen LogP contribution in [-0.4, -0.2) is 6.54 Å². The lowest BCUT2D eigenvalue weighted by Crippen LogP contribution is -2.17. The summed E-state index contributed by atoms with van der Waals surface area (Å²) < 4.78 is 1.14. The van der Waals surface area contributed by atoms with E-state index < -0.39 is 0 Å². The zero-order chi connectivity index (χ0) is 11.7. The van der Waals surface area contributed by atoms with Gasteiger partial charge in [-0.25, -0.2) is 0 Å². The molecule has 0 saturated carbocycles. The van der Waals surface area contributed by atoms with Gasteiger partial charge in [-0.2, -0.15) is 0 Å². The third-order valence-electron chi connectivity index (χ3n) is 3.36. The zero-order valence-electron chi connectivity index (χ0n) is 9.49. The van der Waals surface area contributed by atoms with Crippen molar-refractivity contribution in [1.29, 1.82) is 0 Å². The van der Waals surface area contributed by atoms with Gasteiger partial charge < -0.3 is 5.32 Å². The summed E-state index contributed by atoms with van der Waals surface area (Å²) in [7, 11) is 0. The first-order chi connectivity index (χ1) is 8.34. The first kappa shape index (κ1) is 10.8. The van der Waals surface area contributed by atoms with Crippen molar-refractivity contribution in [1.82, 2.24) is 0 Å². The standard InChI is InChI=1S/C15H14BrN/c16-12-7-5-11(6-8-12)13-9-10-17-15-4-2-1-3-14(13)15/h1-8,13,17H,9-10H2. The zero-order valence-corrected chi connectivity index (χ0v) is 11.1. The van der Waals surface area contributed by atoms with Crippen LogP contribution in [0.2, 0.25) is 0 Å². The fourth-order valence-corrected chi connectivity index (χ4v) is 2.77. The predicted octanol–water partition coefficient (Wildman–Crippen LogP) is 4.40. The summed E-state index contributed by atoms with van der Waals surface area (Å²) in [6.45, 7) is 1.05. The lowest BCUT2D eigenvalue weighted by atomic mass is 9.85. The van der Waals surface area contributed by atoms with Crippen molar-refractivity contribution >= 4 is 21.6 Å². The topological polar surface area (TPSA) is 12.0 Å². The molecule has 1 aliphatic rings. The van der Waals surface area contributed by atoms with Crippen LogP contribution in [0.5, 0.6) is 0 Å². The summed E-state index contributed by atoms with van der Waals surface area (Å²) in [5, 5.41) is 3.46. The Morgan fingerprint density at radius 3 is 2.59 bits per heavy atom. The Labute approximate surface area is 110 Å². The van der Waals surface area contributed by atoms with Crippen molar-refractivity contribution in [3.05, 3.63) is 64.1 Å². The largest absolute Gasteiger partial charge is 0.385 e. The normalized spacial score (nSPS) is 18.3. The molecular weight excluding hydrogens is 274 g/mol. The van der Waals surface area contributed by atoms with Crippen molar-refractivity contribution in [3.8, 4) is 0 Å². The van der Waals surface area contributed by atoms with Gasteiger partial charge >= 0.3 is 0 Å². The molecule has 0 radical (unpaired) electrons. The second-order valence-electron chi connectivity index (χ2n) is 4.41. The third kappa shape index (κ3) is 2.09. The molecule has 0 bridgehead atoms. The molecule has 1 heterocycles. The van der Waals surface area contributed by atoms with Crippen LogP contribution < -0.4 is 5.32 Å². The first-order valence-corrected chi connectivity index (χ1v) is 6.72. The average Bonchev–Trinajstić information content (AvgIpc) is 2.39. The van der Waals surface area contributed by atoms with E-state index in [0.717, 1.165) is 11.0 Å². The maximum atomic E-state index is 3.49. The van der Waals surface area contributed by atoms with Gasteiger partial charge in [-0.1, -0.05) is 46.3 Å². The second kappa shape index (κ2) is 4.53. The van der Waals surface area contributed by atoms with E-state index in [2.05, 4.69) is 69.8 Å². The highest BCUT2D eigenvalue weighted by Gasteiger charge is 2.20. The highest BCUT2D eigenvalue weighted by atomic mass is 79.9. The Kier molecular flexibility index (Phi) is 2.89. The Bertz CT molecular complexity index is 519. The molecule has 3 rings (SSSR count). The lowest BCUT2D eigenvalue weighted by molar-refractivity contribution is 0.720. The monoisotopic (exact) mass is 287 g/mol. The fourth-order valence-electron chi connectivity index (χ4n) is 2.51. The minimum absolute atomic E-state index is 0.528. The molecular formula is C15H14BrN. The molecule has 0 aliphatic carbocycles. The van der Waals surface area contributed by atoms with Gasteiger partial charge in [0.2, 0.25) is 0 Å². The molecule has 0 fully saturated rings. The maximum Gasteiger partial charge on any atom is 0.0379 e. The first-order valence-electron chi connectivity index (χ1n) is 5.93. The van der Waals surface area contributed by atoms with E-state index in [-0.39, 0.29) is 0 Å². The van der Waals surface area contributed by atoms with Gasteiger partial charge in [-0.05, 0) is 35.7 Å². The molecule has 86 valence electrons. The van der Waals surface area contributed by atoms with E-state index in [4.69, 9.17) is 0 Å². The van der Waals surface area contributed by atoms with Gasteiger partial charge in [-0.15, -0.1) is 0 Å². The molecule has 1 atom stereocenters. The van der Waals surface area contributed by atoms with E-state index in [1.54, 1.807) is 0 Å². The molecule has 1 nitrogen and oxygen atoms in total. The minimum Gasteiger partial charge on any atom is -0.385 e. The molecule has 2 aromatic carbocycles. The van der Waals surface area contributed by atoms with E-state index >= 15 is 0 Å². The smallest absolute Gasteiger partial charge is 0.0379 e. The van der Waals surface area contributed by atoms with Crippen molar-refractivity contribution in [2.45, 2.75) is 12.3 Å². The number of rotatable bonds is 1. The Hall–Kier alpha value is -1.28. The van der Waals surface area contributed by atoms with Crippen LogP contribution in [-0.2, 0) is 0 Å². The number of para-hydroxylation sites is 1. The van der Waals surface area contributed by atoms with Gasteiger partial charge in [0.25, 0.3) is 0 Å². The van der Waals surface area contributed by atoms with Crippen LogP contribution in [0.1, 0.15) is 23.5 Å². The third-order valence-corrected chi connectivity index (χ3v) is 3.89. The summed E-state index contributed by atoms with van der Waals surface area (Å²) in [4.78, 5) is 0. The van der Waals surface area contributed by atoms with Crippen LogP contribution in [0, 0.1) is 0 Å². The molecule has 1 N–H and O–H groups in total. The molecule has 0 saturated heterocycles. The quantitative estimate of drug-likeness (QED) is 0.820. The summed E-state index contributed by atoms with van der Waals surface area (Å²) in [6, 6.07) is 17.3. The average molecular weight is 288 g/mol. The van der Waals surface area contributed by atoms with Crippen molar-refractivity contribution in [3.63, 3.8) is 0 Å². The highest BCUT2D eigenvalue weighted by molar-refractivity contribution is 9.10. The number of nitrogens with one attached hydrogen (secondary N) is 1. The molecule has 0 spiro atoms. The predicted molar refractivity (Wildman–Crippen MR) is 75.5 cm³/mol. The van der Waals surface area contributed by atoms with Gasteiger partial charge in [0.1, 0.15) is 0 Å². The Balaban J connectivity index is 2.03. The molecule has 2 aromatic rings. The summed E-state index contributed by atoms with van der Waals surface area (Å²) >= 11 is 3.49. The second-order valence-corrected chi connectivity index (χ2v) is 5.32. The maximum absolute atomic E-state index is 3.49. The molecule has 17 heavy (non-hydrogen) atoms. The SMILES string of the molecule is Brc1ccc(C2CCNc3ccccc32)cc1. The van der Waals surface area contributed by atoms with Crippen LogP contribution >= 0.6 is 15.9 Å². The van der Waals surface area contributed by atoms with E-state index in [1.165, 1.54) is 23.2 Å². The summed E-state index contributed by atoms with van der Waals surface area (Å²) in [6.07, 6.45) is 1.17. The molecule has 0 amide bonds. The number of hydrogen-bond acceptors (Lipinski definition) is 1. The van der Waals surface area contributed by atoms with E-state index in [9.17, 15) is 0 Å². The van der Waals surface area contributed by atoms with Gasteiger partial charge in [0.15, 0.2) is 0 Å². The van der Waals surface area contributed by atoms with Crippen molar-refractivity contribution < 1.29 is 0 Å². The number of anilines is 1. The summed E-state index contributed by atoms with van der Waals surface area (Å²) in [5.41, 5.74) is 4.11. The number of hydrogen-bond donors (Lipinski definition) is 1. The Morgan fingerprint density at radius 2 is 1.76 bits per heavy atom. The highest BCUT2D eigenvalue weighted by Crippen LogP contribution is 2.36. The van der Waals surface area contributed by atoms with E-state index in [0.29, 0.717) is 5.92 Å². The molecule has 1 aliphatic heterocycles. The summed E-state index contributed by atoms with van der Waals surface area (Å²) in [5.74, 6) is 0.528. The van der Waals surface area contributed by atoms with Crippen LogP contribution in [0.3, 0.4) is 0 Å². The van der Waals surface area contributed by atoms with Gasteiger partial charge in [-0.3, -0.25) is 0 Å². The van der Waals surface area contributed by atoms with E-state index in [1.807, 2.05) is 0 Å². The van der Waals surface area contributed by atoms with Gasteiger partial charge in [0.05, 0.1) is 0 Å².